The molecule has 1 atom stereocenters. The Morgan fingerprint density at radius 2 is 2.38 bits per heavy atom. The standard InChI is InChI=1S/C9H14N2O4S/c1-4-9(2,14-3)7-10-8(15-11-7)16-5-6(12)13/h4-5H2,1-3H3,(H,12,13). The fraction of sp³-hybridized carbons (Fsp3) is 0.667. The summed E-state index contributed by atoms with van der Waals surface area (Å²) in [5, 5.41) is 12.5. The average Bonchev–Trinajstić information content (AvgIpc) is 2.74. The highest BCUT2D eigenvalue weighted by atomic mass is 32.2. The molecule has 0 spiro atoms. The van der Waals surface area contributed by atoms with Crippen LogP contribution < -0.4 is 0 Å². The van der Waals surface area contributed by atoms with Crippen molar-refractivity contribution in [1.82, 2.24) is 10.1 Å². The van der Waals surface area contributed by atoms with E-state index < -0.39 is 11.6 Å². The number of hydrogen-bond acceptors (Lipinski definition) is 6. The molecule has 0 saturated carbocycles. The molecule has 0 aromatic carbocycles. The first kappa shape index (κ1) is 13.0. The molecule has 1 rings (SSSR count). The van der Waals surface area contributed by atoms with Crippen LogP contribution in [0.2, 0.25) is 0 Å². The molecule has 1 heterocycles. The van der Waals surface area contributed by atoms with Crippen molar-refractivity contribution in [3.8, 4) is 0 Å². The lowest BCUT2D eigenvalue weighted by atomic mass is 10.0. The van der Waals surface area contributed by atoms with Crippen molar-refractivity contribution in [3.05, 3.63) is 5.82 Å². The predicted molar refractivity (Wildman–Crippen MR) is 57.3 cm³/mol. The molecule has 16 heavy (non-hydrogen) atoms. The third-order valence-electron chi connectivity index (χ3n) is 2.32. The van der Waals surface area contributed by atoms with Gasteiger partial charge in [0, 0.05) is 7.11 Å². The van der Waals surface area contributed by atoms with Crippen molar-refractivity contribution in [3.63, 3.8) is 0 Å². The molecule has 6 nitrogen and oxygen atoms in total. The minimum absolute atomic E-state index is 0.0997. The van der Waals surface area contributed by atoms with Crippen LogP contribution in [-0.2, 0) is 15.1 Å². The van der Waals surface area contributed by atoms with Crippen LogP contribution in [0, 0.1) is 0 Å². The third-order valence-corrected chi connectivity index (χ3v) is 3.13. The van der Waals surface area contributed by atoms with Gasteiger partial charge in [-0.2, -0.15) is 4.98 Å². The first-order valence-electron chi connectivity index (χ1n) is 4.75. The van der Waals surface area contributed by atoms with E-state index in [1.54, 1.807) is 7.11 Å². The number of carboxylic acid groups (broad SMARTS) is 1. The molecule has 1 N–H and O–H groups in total. The molecule has 0 bridgehead atoms. The zero-order valence-corrected chi connectivity index (χ0v) is 10.2. The molecule has 1 aromatic rings. The molecule has 0 aliphatic heterocycles. The SMILES string of the molecule is CCC(C)(OC)c1noc(SCC(=O)O)n1. The van der Waals surface area contributed by atoms with Crippen molar-refractivity contribution in [2.24, 2.45) is 0 Å². The predicted octanol–water partition coefficient (Wildman–Crippen LogP) is 1.52. The Morgan fingerprint density at radius 1 is 1.69 bits per heavy atom. The van der Waals surface area contributed by atoms with Crippen LogP contribution in [0.4, 0.5) is 0 Å². The van der Waals surface area contributed by atoms with Gasteiger partial charge in [0.15, 0.2) is 0 Å². The molecule has 1 aromatic heterocycles. The average molecular weight is 246 g/mol. The fourth-order valence-electron chi connectivity index (χ4n) is 1.00. The molecule has 0 fully saturated rings. The maximum Gasteiger partial charge on any atom is 0.314 e. The highest BCUT2D eigenvalue weighted by molar-refractivity contribution is 7.99. The summed E-state index contributed by atoms with van der Waals surface area (Å²) in [6, 6.07) is 0. The summed E-state index contributed by atoms with van der Waals surface area (Å²) in [5.41, 5.74) is -0.592. The summed E-state index contributed by atoms with van der Waals surface area (Å²) in [4.78, 5) is 14.4. The summed E-state index contributed by atoms with van der Waals surface area (Å²) in [6.45, 7) is 3.80. The Balaban J connectivity index is 2.74. The second-order valence-corrected chi connectivity index (χ2v) is 4.28. The van der Waals surface area contributed by atoms with Crippen LogP contribution >= 0.6 is 11.8 Å². The highest BCUT2D eigenvalue weighted by Gasteiger charge is 2.30. The molecule has 1 unspecified atom stereocenters. The maximum absolute atomic E-state index is 10.4. The van der Waals surface area contributed by atoms with Gasteiger partial charge in [0.1, 0.15) is 11.4 Å². The lowest BCUT2D eigenvalue weighted by Crippen LogP contribution is -2.24. The molecular weight excluding hydrogens is 232 g/mol. The van der Waals surface area contributed by atoms with E-state index in [-0.39, 0.29) is 11.0 Å². The smallest absolute Gasteiger partial charge is 0.314 e. The molecule has 7 heteroatoms. The van der Waals surface area contributed by atoms with Crippen LogP contribution in [0.15, 0.2) is 9.75 Å². The van der Waals surface area contributed by atoms with E-state index >= 15 is 0 Å². The van der Waals surface area contributed by atoms with Crippen LogP contribution in [0.5, 0.6) is 0 Å². The van der Waals surface area contributed by atoms with Gasteiger partial charge in [0.2, 0.25) is 5.82 Å². The number of thioether (sulfide) groups is 1. The molecule has 0 aliphatic rings. The van der Waals surface area contributed by atoms with Crippen molar-refractivity contribution in [1.29, 1.82) is 0 Å². The first-order valence-corrected chi connectivity index (χ1v) is 5.74. The Hall–Kier alpha value is -1.08. The molecular formula is C9H14N2O4S. The van der Waals surface area contributed by atoms with E-state index in [0.717, 1.165) is 11.8 Å². The zero-order valence-electron chi connectivity index (χ0n) is 9.39. The topological polar surface area (TPSA) is 85.5 Å². The molecule has 0 amide bonds. The van der Waals surface area contributed by atoms with Gasteiger partial charge in [-0.05, 0) is 13.3 Å². The second kappa shape index (κ2) is 5.31. The van der Waals surface area contributed by atoms with Crippen LogP contribution in [-0.4, -0.2) is 34.1 Å². The number of carbonyl (C=O) groups is 1. The van der Waals surface area contributed by atoms with Gasteiger partial charge in [-0.3, -0.25) is 4.79 Å². The van der Waals surface area contributed by atoms with E-state index in [9.17, 15) is 4.79 Å². The minimum atomic E-state index is -0.922. The first-order chi connectivity index (χ1) is 7.51. The molecule has 0 aliphatic carbocycles. The summed E-state index contributed by atoms with van der Waals surface area (Å²) in [6.07, 6.45) is 0.700. The number of ether oxygens (including phenoxy) is 1. The normalized spacial score (nSPS) is 14.7. The van der Waals surface area contributed by atoms with Crippen molar-refractivity contribution >= 4 is 17.7 Å². The molecule has 0 radical (unpaired) electrons. The number of methoxy groups -OCH3 is 1. The number of aromatic nitrogens is 2. The number of aliphatic carboxylic acids is 1. The van der Waals surface area contributed by atoms with Gasteiger partial charge in [-0.25, -0.2) is 0 Å². The van der Waals surface area contributed by atoms with Gasteiger partial charge in [-0.15, -0.1) is 0 Å². The summed E-state index contributed by atoms with van der Waals surface area (Å²) in [7, 11) is 1.57. The number of carboxylic acids is 1. The third kappa shape index (κ3) is 2.96. The van der Waals surface area contributed by atoms with Gasteiger partial charge in [0.25, 0.3) is 5.22 Å². The number of nitrogens with zero attached hydrogens (tertiary/aromatic N) is 2. The van der Waals surface area contributed by atoms with Crippen LogP contribution in [0.1, 0.15) is 26.1 Å². The summed E-state index contributed by atoms with van der Waals surface area (Å²) in [5.74, 6) is -0.586. The molecule has 90 valence electrons. The van der Waals surface area contributed by atoms with Gasteiger partial charge >= 0.3 is 5.97 Å². The van der Waals surface area contributed by atoms with Crippen LogP contribution in [0.3, 0.4) is 0 Å². The van der Waals surface area contributed by atoms with Gasteiger partial charge in [-0.1, -0.05) is 23.8 Å². The Morgan fingerprint density at radius 3 is 2.88 bits per heavy atom. The monoisotopic (exact) mass is 246 g/mol. The van der Waals surface area contributed by atoms with Crippen molar-refractivity contribution in [2.45, 2.75) is 31.1 Å². The lowest BCUT2D eigenvalue weighted by Gasteiger charge is -2.21. The quantitative estimate of drug-likeness (QED) is 0.761. The van der Waals surface area contributed by atoms with E-state index in [1.165, 1.54) is 0 Å². The Labute approximate surface area is 97.4 Å². The summed E-state index contributed by atoms with van der Waals surface area (Å²) < 4.78 is 10.2. The number of hydrogen-bond donors (Lipinski definition) is 1. The van der Waals surface area contributed by atoms with Crippen molar-refractivity contribution in [2.75, 3.05) is 12.9 Å². The van der Waals surface area contributed by atoms with Gasteiger partial charge < -0.3 is 14.4 Å². The lowest BCUT2D eigenvalue weighted by molar-refractivity contribution is -0.133. The number of rotatable bonds is 6. The van der Waals surface area contributed by atoms with Gasteiger partial charge in [0.05, 0.1) is 0 Å². The second-order valence-electron chi connectivity index (χ2n) is 3.35. The van der Waals surface area contributed by atoms with E-state index in [2.05, 4.69) is 10.1 Å². The Kier molecular flexibility index (Phi) is 4.31. The fourth-order valence-corrected chi connectivity index (χ4v) is 1.49. The summed E-state index contributed by atoms with van der Waals surface area (Å²) >= 11 is 0.991. The Bertz CT molecular complexity index is 362. The maximum atomic E-state index is 10.4. The van der Waals surface area contributed by atoms with E-state index in [1.807, 2.05) is 13.8 Å². The van der Waals surface area contributed by atoms with E-state index in [0.29, 0.717) is 12.2 Å². The zero-order chi connectivity index (χ0) is 12.2. The largest absolute Gasteiger partial charge is 0.481 e. The highest BCUT2D eigenvalue weighted by Crippen LogP contribution is 2.27. The van der Waals surface area contributed by atoms with Crippen LogP contribution in [0.25, 0.3) is 0 Å². The molecule has 0 saturated heterocycles. The van der Waals surface area contributed by atoms with Crippen molar-refractivity contribution < 1.29 is 19.2 Å². The van der Waals surface area contributed by atoms with E-state index in [4.69, 9.17) is 14.4 Å². The minimum Gasteiger partial charge on any atom is -0.481 e.